The fourth-order valence-electron chi connectivity index (χ4n) is 2.70. The lowest BCUT2D eigenvalue weighted by Gasteiger charge is -2.13. The Morgan fingerprint density at radius 3 is 1.89 bits per heavy atom. The minimum Gasteiger partial charge on any atom is -0.420 e. The molecule has 1 aromatic rings. The predicted octanol–water partition coefficient (Wildman–Crippen LogP) is 1.09. The van der Waals surface area contributed by atoms with Crippen molar-refractivity contribution >= 4 is 23.7 Å². The van der Waals surface area contributed by atoms with Crippen molar-refractivity contribution in [2.24, 2.45) is 0 Å². The molecule has 0 unspecified atom stereocenters. The molecule has 16 heteroatoms. The molecule has 0 saturated carbocycles. The number of amides is 3. The van der Waals surface area contributed by atoms with E-state index in [1.54, 1.807) is 0 Å². The van der Waals surface area contributed by atoms with Gasteiger partial charge in [0.2, 0.25) is 40.7 Å². The maximum Gasteiger partial charge on any atom is 0.313 e. The molecule has 1 heterocycles. The van der Waals surface area contributed by atoms with E-state index in [0.29, 0.717) is 0 Å². The van der Waals surface area contributed by atoms with Crippen LogP contribution in [0.15, 0.2) is 12.2 Å². The van der Waals surface area contributed by atoms with Crippen molar-refractivity contribution in [1.29, 1.82) is 0 Å². The fraction of sp³-hybridized carbons (Fsp3) is 0.455. The molecule has 1 N–H and O–H groups in total. The smallest absolute Gasteiger partial charge is 0.313 e. The topological polar surface area (TPSA) is 130 Å². The van der Waals surface area contributed by atoms with E-state index in [1.807, 2.05) is 0 Å². The van der Waals surface area contributed by atoms with Gasteiger partial charge in [0.1, 0.15) is 13.6 Å². The molecule has 11 nitrogen and oxygen atoms in total. The zero-order valence-corrected chi connectivity index (χ0v) is 19.7. The largest absolute Gasteiger partial charge is 0.420 e. The number of benzene rings is 1. The lowest BCUT2D eigenvalue weighted by atomic mass is 10.2. The van der Waals surface area contributed by atoms with Crippen molar-refractivity contribution in [2.75, 3.05) is 53.1 Å². The van der Waals surface area contributed by atoms with Gasteiger partial charge in [-0.25, -0.2) is 13.2 Å². The lowest BCUT2D eigenvalue weighted by molar-refractivity contribution is -0.140. The summed E-state index contributed by atoms with van der Waals surface area (Å²) in [4.78, 5) is 46.9. The minimum atomic E-state index is -2.37. The summed E-state index contributed by atoms with van der Waals surface area (Å²) in [6.07, 6.45) is 1.68. The van der Waals surface area contributed by atoms with Gasteiger partial charge in [0.05, 0.1) is 32.8 Å². The zero-order chi connectivity index (χ0) is 28.1. The van der Waals surface area contributed by atoms with Gasteiger partial charge in [-0.1, -0.05) is 0 Å². The van der Waals surface area contributed by atoms with Crippen LogP contribution in [0.5, 0.6) is 5.75 Å². The maximum absolute atomic E-state index is 13.5. The summed E-state index contributed by atoms with van der Waals surface area (Å²) in [7, 11) is 0. The van der Waals surface area contributed by atoms with Crippen LogP contribution in [0.4, 0.5) is 22.0 Å². The molecule has 0 saturated heterocycles. The number of nitrogens with one attached hydrogen (secondary N) is 1. The number of nitrogens with zero attached hydrogens (tertiary/aromatic N) is 1. The molecular weight excluding hydrogens is 531 g/mol. The number of imide groups is 1. The number of hydrogen-bond donors (Lipinski definition) is 1. The van der Waals surface area contributed by atoms with Crippen molar-refractivity contribution in [3.8, 4) is 5.75 Å². The van der Waals surface area contributed by atoms with E-state index in [9.17, 15) is 41.1 Å². The molecule has 1 aliphatic heterocycles. The number of ether oxygens (including phenoxy) is 5. The van der Waals surface area contributed by atoms with Crippen LogP contribution in [0.3, 0.4) is 0 Å². The average Bonchev–Trinajstić information content (AvgIpc) is 3.22. The number of carbonyl (C=O) groups is 4. The molecule has 0 fully saturated rings. The summed E-state index contributed by atoms with van der Waals surface area (Å²) in [5, 5.41) is 2.55. The first kappa shape index (κ1) is 30.8. The first-order valence-corrected chi connectivity index (χ1v) is 11.0. The van der Waals surface area contributed by atoms with Crippen molar-refractivity contribution in [3.63, 3.8) is 0 Å². The number of halogens is 5. The van der Waals surface area contributed by atoms with E-state index >= 15 is 0 Å². The Morgan fingerprint density at radius 2 is 1.26 bits per heavy atom. The van der Waals surface area contributed by atoms with Crippen molar-refractivity contribution in [2.45, 2.75) is 12.8 Å². The Hall–Kier alpha value is -3.47. The summed E-state index contributed by atoms with van der Waals surface area (Å²) in [5.74, 6) is -15.6. The van der Waals surface area contributed by atoms with E-state index in [4.69, 9.17) is 18.9 Å². The molecule has 0 aliphatic carbocycles. The first-order chi connectivity index (χ1) is 18.1. The third-order valence-electron chi connectivity index (χ3n) is 4.57. The van der Waals surface area contributed by atoms with Gasteiger partial charge in [0, 0.05) is 31.7 Å². The van der Waals surface area contributed by atoms with Gasteiger partial charge < -0.3 is 29.0 Å². The Balaban J connectivity index is 1.41. The molecule has 2 rings (SSSR count). The molecule has 38 heavy (non-hydrogen) atoms. The number of carbonyl (C=O) groups excluding carboxylic acids is 4. The molecule has 1 aliphatic rings. The first-order valence-electron chi connectivity index (χ1n) is 11.0. The van der Waals surface area contributed by atoms with Gasteiger partial charge in [-0.15, -0.1) is 0 Å². The number of esters is 1. The highest BCUT2D eigenvalue weighted by Gasteiger charge is 2.28. The van der Waals surface area contributed by atoms with Crippen LogP contribution >= 0.6 is 0 Å². The minimum absolute atomic E-state index is 0.0171. The monoisotopic (exact) mass is 554 g/mol. The van der Waals surface area contributed by atoms with Gasteiger partial charge in [-0.3, -0.25) is 24.1 Å². The van der Waals surface area contributed by atoms with Crippen LogP contribution in [-0.2, 0) is 38.1 Å². The molecule has 0 spiro atoms. The van der Waals surface area contributed by atoms with Crippen LogP contribution in [0.2, 0.25) is 0 Å². The highest BCUT2D eigenvalue weighted by Crippen LogP contribution is 2.29. The molecule has 0 atom stereocenters. The van der Waals surface area contributed by atoms with Crippen LogP contribution < -0.4 is 10.1 Å². The Morgan fingerprint density at radius 1 is 0.711 bits per heavy atom. The zero-order valence-electron chi connectivity index (χ0n) is 19.7. The van der Waals surface area contributed by atoms with E-state index in [1.165, 1.54) is 0 Å². The third-order valence-corrected chi connectivity index (χ3v) is 4.57. The number of hydrogen-bond acceptors (Lipinski definition) is 9. The van der Waals surface area contributed by atoms with Gasteiger partial charge in [0.15, 0.2) is 0 Å². The fourth-order valence-corrected chi connectivity index (χ4v) is 2.70. The van der Waals surface area contributed by atoms with Gasteiger partial charge >= 0.3 is 5.97 Å². The molecule has 0 aromatic heterocycles. The second-order valence-electron chi connectivity index (χ2n) is 7.25. The van der Waals surface area contributed by atoms with Crippen molar-refractivity contribution in [3.05, 3.63) is 41.2 Å². The Labute approximate surface area is 212 Å². The van der Waals surface area contributed by atoms with Crippen LogP contribution in [0.1, 0.15) is 12.8 Å². The van der Waals surface area contributed by atoms with E-state index in [-0.39, 0.29) is 65.4 Å². The van der Waals surface area contributed by atoms with Gasteiger partial charge in [0.25, 0.3) is 11.8 Å². The van der Waals surface area contributed by atoms with E-state index in [0.717, 1.165) is 17.1 Å². The summed E-state index contributed by atoms with van der Waals surface area (Å²) >= 11 is 0. The summed E-state index contributed by atoms with van der Waals surface area (Å²) in [6, 6.07) is 0. The molecule has 0 radical (unpaired) electrons. The quantitative estimate of drug-likeness (QED) is 0.0440. The maximum atomic E-state index is 13.5. The highest BCUT2D eigenvalue weighted by atomic mass is 19.2. The van der Waals surface area contributed by atoms with Crippen molar-refractivity contribution < 1.29 is 64.8 Å². The van der Waals surface area contributed by atoms with Crippen LogP contribution in [0, 0.1) is 29.1 Å². The van der Waals surface area contributed by atoms with Crippen molar-refractivity contribution in [1.82, 2.24) is 10.2 Å². The molecule has 210 valence electrons. The van der Waals surface area contributed by atoms with E-state index < -0.39 is 59.0 Å². The molecule has 1 aromatic carbocycles. The standard InChI is InChI=1S/C22H23F5N2O9/c23-17-18(24)20(26)22(21(27)19(17)25)38-16(33)4-7-34-9-10-36-12-37-11-35-8-5-28-13(30)3-6-29-14(31)1-2-15(29)32/h1-2H,3-12H2,(H,28,30). The van der Waals surface area contributed by atoms with Gasteiger partial charge in [-0.05, 0) is 0 Å². The molecular formula is C22H23F5N2O9. The SMILES string of the molecule is O=C(CCN1C(=O)C=CC1=O)NCCOCOCOCCOCCC(=O)Oc1c(F)c(F)c(F)c(F)c1F. The average molecular weight is 554 g/mol. The summed E-state index contributed by atoms with van der Waals surface area (Å²) < 4.78 is 90.5. The summed E-state index contributed by atoms with van der Waals surface area (Å²) in [5.41, 5.74) is 0. The van der Waals surface area contributed by atoms with E-state index in [2.05, 4.69) is 10.1 Å². The van der Waals surface area contributed by atoms with Crippen LogP contribution in [-0.4, -0.2) is 81.7 Å². The Bertz CT molecular complexity index is 1010. The highest BCUT2D eigenvalue weighted by molar-refractivity contribution is 6.13. The third kappa shape index (κ3) is 9.44. The second-order valence-corrected chi connectivity index (χ2v) is 7.25. The second kappa shape index (κ2) is 15.7. The molecule has 3 amide bonds. The molecule has 0 bridgehead atoms. The normalized spacial score (nSPS) is 12.9. The van der Waals surface area contributed by atoms with Gasteiger partial charge in [-0.2, -0.15) is 8.78 Å². The predicted molar refractivity (Wildman–Crippen MR) is 114 cm³/mol. The summed E-state index contributed by atoms with van der Waals surface area (Å²) in [6.45, 7) is -0.328. The number of rotatable bonds is 17. The lowest BCUT2D eigenvalue weighted by Crippen LogP contribution is -2.35. The Kier molecular flexibility index (Phi) is 12.7. The van der Waals surface area contributed by atoms with Crippen LogP contribution in [0.25, 0.3) is 0 Å².